The summed E-state index contributed by atoms with van der Waals surface area (Å²) in [6.07, 6.45) is 0.331. The lowest BCUT2D eigenvalue weighted by molar-refractivity contribution is -0.116. The zero-order valence-electron chi connectivity index (χ0n) is 13.5. The third-order valence-electron chi connectivity index (χ3n) is 4.59. The van der Waals surface area contributed by atoms with E-state index >= 15 is 0 Å². The van der Waals surface area contributed by atoms with Crippen molar-refractivity contribution in [2.45, 2.75) is 12.3 Å². The number of ether oxygens (including phenoxy) is 2. The highest BCUT2D eigenvalue weighted by Crippen LogP contribution is 2.46. The largest absolute Gasteiger partial charge is 0.454 e. The Labute approximate surface area is 152 Å². The molecule has 2 aromatic carbocycles. The van der Waals surface area contributed by atoms with Crippen LogP contribution in [0.4, 0.5) is 10.1 Å². The first-order valence-corrected chi connectivity index (χ1v) is 8.91. The Morgan fingerprint density at radius 2 is 2.04 bits per heavy atom. The summed E-state index contributed by atoms with van der Waals surface area (Å²) >= 11 is 1.33. The summed E-state index contributed by atoms with van der Waals surface area (Å²) in [5.74, 6) is 0.855. The molecule has 0 saturated carbocycles. The summed E-state index contributed by atoms with van der Waals surface area (Å²) in [6.45, 7) is 0.208. The van der Waals surface area contributed by atoms with E-state index in [0.29, 0.717) is 34.9 Å². The number of nitrogens with one attached hydrogen (secondary N) is 1. The SMILES string of the molecule is O=C1C[C@@H](c2ccc3c(c2)OCO3)c2snc(-c3cccc(F)c3)c2N1. The number of fused-ring (bicyclic) bond motifs is 2. The van der Waals surface area contributed by atoms with E-state index in [0.717, 1.165) is 10.4 Å². The van der Waals surface area contributed by atoms with Crippen molar-refractivity contribution in [3.8, 4) is 22.8 Å². The highest BCUT2D eigenvalue weighted by Gasteiger charge is 2.32. The van der Waals surface area contributed by atoms with Crippen molar-refractivity contribution in [1.82, 2.24) is 4.37 Å². The van der Waals surface area contributed by atoms with Gasteiger partial charge >= 0.3 is 0 Å². The van der Waals surface area contributed by atoms with Gasteiger partial charge in [-0.15, -0.1) is 0 Å². The second-order valence-electron chi connectivity index (χ2n) is 6.20. The maximum Gasteiger partial charge on any atom is 0.231 e. The number of benzene rings is 2. The van der Waals surface area contributed by atoms with Crippen LogP contribution in [0.5, 0.6) is 11.5 Å². The minimum absolute atomic E-state index is 0.0852. The Hall–Kier alpha value is -2.93. The maximum atomic E-state index is 13.6. The minimum atomic E-state index is -0.335. The van der Waals surface area contributed by atoms with Gasteiger partial charge in [0.25, 0.3) is 0 Å². The van der Waals surface area contributed by atoms with Crippen LogP contribution in [0.1, 0.15) is 22.8 Å². The van der Waals surface area contributed by atoms with Crippen molar-refractivity contribution in [3.05, 3.63) is 58.7 Å². The van der Waals surface area contributed by atoms with Gasteiger partial charge in [0.2, 0.25) is 12.7 Å². The Bertz CT molecular complexity index is 1030. The van der Waals surface area contributed by atoms with Gasteiger partial charge in [0.1, 0.15) is 11.5 Å². The van der Waals surface area contributed by atoms with E-state index in [2.05, 4.69) is 9.69 Å². The van der Waals surface area contributed by atoms with Crippen LogP contribution in [0, 0.1) is 5.82 Å². The number of rotatable bonds is 2. The molecule has 5 rings (SSSR count). The van der Waals surface area contributed by atoms with E-state index < -0.39 is 0 Å². The number of hydrogen-bond donors (Lipinski definition) is 1. The van der Waals surface area contributed by atoms with Gasteiger partial charge in [-0.05, 0) is 41.4 Å². The molecule has 2 aliphatic rings. The summed E-state index contributed by atoms with van der Waals surface area (Å²) in [6, 6.07) is 11.9. The van der Waals surface area contributed by atoms with Gasteiger partial charge in [-0.25, -0.2) is 4.39 Å². The molecular formula is C19H13FN2O3S. The fourth-order valence-corrected chi connectivity index (χ4v) is 4.33. The van der Waals surface area contributed by atoms with Crippen LogP contribution in [0.2, 0.25) is 0 Å². The monoisotopic (exact) mass is 368 g/mol. The van der Waals surface area contributed by atoms with E-state index in [-0.39, 0.29) is 24.4 Å². The molecule has 26 heavy (non-hydrogen) atoms. The lowest BCUT2D eigenvalue weighted by atomic mass is 9.89. The lowest BCUT2D eigenvalue weighted by Gasteiger charge is -2.23. The van der Waals surface area contributed by atoms with Gasteiger partial charge in [0.15, 0.2) is 11.5 Å². The Kier molecular flexibility index (Phi) is 3.43. The van der Waals surface area contributed by atoms with Crippen molar-refractivity contribution in [1.29, 1.82) is 0 Å². The molecule has 0 spiro atoms. The predicted molar refractivity (Wildman–Crippen MR) is 95.2 cm³/mol. The van der Waals surface area contributed by atoms with Gasteiger partial charge in [0.05, 0.1) is 10.6 Å². The van der Waals surface area contributed by atoms with Crippen molar-refractivity contribution in [3.63, 3.8) is 0 Å². The van der Waals surface area contributed by atoms with Crippen LogP contribution < -0.4 is 14.8 Å². The molecule has 0 unspecified atom stereocenters. The second kappa shape index (κ2) is 5.81. The van der Waals surface area contributed by atoms with Gasteiger partial charge in [-0.3, -0.25) is 4.79 Å². The van der Waals surface area contributed by atoms with Crippen LogP contribution in [-0.2, 0) is 4.79 Å². The first kappa shape index (κ1) is 15.3. The molecule has 0 fully saturated rings. The molecule has 1 aromatic heterocycles. The number of amides is 1. The summed E-state index contributed by atoms with van der Waals surface area (Å²) in [4.78, 5) is 13.3. The predicted octanol–water partition coefficient (Wildman–Crippen LogP) is 4.15. The van der Waals surface area contributed by atoms with Crippen molar-refractivity contribution in [2.24, 2.45) is 0 Å². The molecule has 0 bridgehead atoms. The molecule has 1 N–H and O–H groups in total. The van der Waals surface area contributed by atoms with Crippen molar-refractivity contribution < 1.29 is 18.7 Å². The molecule has 3 aromatic rings. The lowest BCUT2D eigenvalue weighted by Crippen LogP contribution is -2.22. The summed E-state index contributed by atoms with van der Waals surface area (Å²) < 4.78 is 28.9. The highest BCUT2D eigenvalue weighted by atomic mass is 32.1. The third-order valence-corrected chi connectivity index (χ3v) is 5.55. The first-order valence-electron chi connectivity index (χ1n) is 8.14. The van der Waals surface area contributed by atoms with Gasteiger partial charge in [-0.1, -0.05) is 18.2 Å². The number of carbonyl (C=O) groups is 1. The average Bonchev–Trinajstić information content (AvgIpc) is 3.27. The number of anilines is 1. The van der Waals surface area contributed by atoms with E-state index in [1.54, 1.807) is 12.1 Å². The maximum absolute atomic E-state index is 13.6. The number of carbonyl (C=O) groups excluding carboxylic acids is 1. The molecule has 0 aliphatic carbocycles. The number of halogens is 1. The van der Waals surface area contributed by atoms with Crippen LogP contribution in [-0.4, -0.2) is 17.1 Å². The fourth-order valence-electron chi connectivity index (χ4n) is 3.36. The highest BCUT2D eigenvalue weighted by molar-refractivity contribution is 7.07. The standard InChI is InChI=1S/C19H13FN2O3S/c20-12-3-1-2-11(6-12)17-18-19(26-22-17)13(8-16(23)21-18)10-4-5-14-15(7-10)25-9-24-14/h1-7,13H,8-9H2,(H,21,23)/t13-/m0/s1. The molecule has 1 amide bonds. The van der Waals surface area contributed by atoms with E-state index in [9.17, 15) is 9.18 Å². The topological polar surface area (TPSA) is 60.5 Å². The number of hydrogen-bond acceptors (Lipinski definition) is 5. The van der Waals surface area contributed by atoms with Crippen LogP contribution in [0.15, 0.2) is 42.5 Å². The molecule has 5 nitrogen and oxygen atoms in total. The second-order valence-corrected chi connectivity index (χ2v) is 7.00. The van der Waals surface area contributed by atoms with Gasteiger partial charge < -0.3 is 14.8 Å². The smallest absolute Gasteiger partial charge is 0.231 e. The molecule has 3 heterocycles. The number of aromatic nitrogens is 1. The van der Waals surface area contributed by atoms with Gasteiger partial charge in [0, 0.05) is 17.9 Å². The summed E-state index contributed by atoms with van der Waals surface area (Å²) in [5.41, 5.74) is 2.89. The Morgan fingerprint density at radius 1 is 1.15 bits per heavy atom. The van der Waals surface area contributed by atoms with Crippen molar-refractivity contribution in [2.75, 3.05) is 12.1 Å². The molecule has 7 heteroatoms. The van der Waals surface area contributed by atoms with Crippen molar-refractivity contribution >= 4 is 23.1 Å². The molecule has 0 saturated heterocycles. The Balaban J connectivity index is 1.60. The fraction of sp³-hybridized carbons (Fsp3) is 0.158. The Morgan fingerprint density at radius 3 is 2.92 bits per heavy atom. The van der Waals surface area contributed by atoms with E-state index in [1.165, 1.54) is 23.7 Å². The normalized spacial score (nSPS) is 17.7. The summed E-state index contributed by atoms with van der Waals surface area (Å²) in [7, 11) is 0. The van der Waals surface area contributed by atoms with Crippen LogP contribution >= 0.6 is 11.5 Å². The van der Waals surface area contributed by atoms with E-state index in [1.807, 2.05) is 18.2 Å². The van der Waals surface area contributed by atoms with Crippen LogP contribution in [0.25, 0.3) is 11.3 Å². The molecular weight excluding hydrogens is 355 g/mol. The van der Waals surface area contributed by atoms with E-state index in [4.69, 9.17) is 9.47 Å². The summed E-state index contributed by atoms with van der Waals surface area (Å²) in [5, 5.41) is 2.91. The molecule has 0 radical (unpaired) electrons. The zero-order valence-corrected chi connectivity index (χ0v) is 14.3. The average molecular weight is 368 g/mol. The third kappa shape index (κ3) is 2.43. The van der Waals surface area contributed by atoms with Crippen LogP contribution in [0.3, 0.4) is 0 Å². The first-order chi connectivity index (χ1) is 12.7. The number of nitrogens with zero attached hydrogens (tertiary/aromatic N) is 1. The molecule has 1 atom stereocenters. The molecule has 130 valence electrons. The quantitative estimate of drug-likeness (QED) is 0.738. The minimum Gasteiger partial charge on any atom is -0.454 e. The molecule has 2 aliphatic heterocycles. The van der Waals surface area contributed by atoms with Gasteiger partial charge in [-0.2, -0.15) is 4.37 Å². The zero-order chi connectivity index (χ0) is 17.7.